The Morgan fingerprint density at radius 1 is 1.07 bits per heavy atom. The zero-order chi connectivity index (χ0) is 19.1. The Labute approximate surface area is 164 Å². The second-order valence-electron chi connectivity index (χ2n) is 6.67. The number of aryl methyl sites for hydroxylation is 2. The van der Waals surface area contributed by atoms with Gasteiger partial charge in [0.2, 0.25) is 0 Å². The highest BCUT2D eigenvalue weighted by molar-refractivity contribution is 9.10. The molecule has 0 aliphatic heterocycles. The Balaban J connectivity index is 1.77. The second kappa shape index (κ2) is 6.93. The van der Waals surface area contributed by atoms with E-state index < -0.39 is 23.2 Å². The zero-order valence-electron chi connectivity index (χ0n) is 14.7. The fraction of sp³-hybridized carbons (Fsp3) is 0.190. The van der Waals surface area contributed by atoms with E-state index in [1.54, 1.807) is 4.57 Å². The van der Waals surface area contributed by atoms with E-state index in [9.17, 15) is 13.6 Å². The number of amides is 1. The maximum absolute atomic E-state index is 13.9. The topological polar surface area (TPSA) is 34.0 Å². The summed E-state index contributed by atoms with van der Waals surface area (Å²) < 4.78 is 30.5. The molecule has 1 aromatic heterocycles. The van der Waals surface area contributed by atoms with Crippen LogP contribution in [0.5, 0.6) is 0 Å². The number of anilines is 1. The van der Waals surface area contributed by atoms with Gasteiger partial charge in [-0.05, 0) is 60.7 Å². The molecular formula is C21H17BrF2N2O. The average Bonchev–Trinajstić information content (AvgIpc) is 2.85. The number of fused-ring (bicyclic) bond motifs is 3. The Kier molecular flexibility index (Phi) is 4.60. The molecule has 3 aromatic rings. The maximum Gasteiger partial charge on any atom is 0.272 e. The first-order valence-electron chi connectivity index (χ1n) is 8.68. The molecule has 4 rings (SSSR count). The van der Waals surface area contributed by atoms with E-state index in [4.69, 9.17) is 0 Å². The second-order valence-corrected chi connectivity index (χ2v) is 7.58. The monoisotopic (exact) mass is 430 g/mol. The van der Waals surface area contributed by atoms with Gasteiger partial charge in [0, 0.05) is 17.1 Å². The lowest BCUT2D eigenvalue weighted by atomic mass is 10.0. The fourth-order valence-corrected chi connectivity index (χ4v) is 4.04. The zero-order valence-corrected chi connectivity index (χ0v) is 16.2. The highest BCUT2D eigenvalue weighted by Crippen LogP contribution is 2.36. The van der Waals surface area contributed by atoms with E-state index in [1.165, 1.54) is 11.6 Å². The third-order valence-corrected chi connectivity index (χ3v) is 5.46. The largest absolute Gasteiger partial charge is 0.339 e. The number of aromatic nitrogens is 1. The van der Waals surface area contributed by atoms with Crippen LogP contribution in [0.1, 0.15) is 28.0 Å². The first-order chi connectivity index (χ1) is 13.0. The molecular weight excluding hydrogens is 414 g/mol. The lowest BCUT2D eigenvalue weighted by Gasteiger charge is -2.12. The van der Waals surface area contributed by atoms with E-state index in [0.717, 1.165) is 52.7 Å². The number of hydrogen-bond acceptors (Lipinski definition) is 1. The Bertz CT molecular complexity index is 1040. The van der Waals surface area contributed by atoms with Crippen LogP contribution in [0.25, 0.3) is 11.3 Å². The fourth-order valence-electron chi connectivity index (χ4n) is 3.68. The van der Waals surface area contributed by atoms with Gasteiger partial charge < -0.3 is 9.88 Å². The molecule has 0 atom stereocenters. The summed E-state index contributed by atoms with van der Waals surface area (Å²) in [6, 6.07) is 11.5. The molecule has 0 saturated carbocycles. The first-order valence-corrected chi connectivity index (χ1v) is 9.48. The van der Waals surface area contributed by atoms with Gasteiger partial charge in [-0.1, -0.05) is 28.1 Å². The van der Waals surface area contributed by atoms with Crippen LogP contribution < -0.4 is 5.32 Å². The average molecular weight is 431 g/mol. The standard InChI is InChI=1S/C21H17BrF2N2O/c1-26-18(21(27)25-19-16(23)6-3-7-17(19)24)10-13-5-2-4-12-8-9-14(22)11-15(12)20(13)26/h3,6-11H,2,4-5H2,1H3,(H,25,27). The number of nitrogens with zero attached hydrogens (tertiary/aromatic N) is 1. The van der Waals surface area contributed by atoms with Crippen LogP contribution in [0.4, 0.5) is 14.5 Å². The lowest BCUT2D eigenvalue weighted by molar-refractivity contribution is 0.101. The van der Waals surface area contributed by atoms with Crippen LogP contribution in [0.2, 0.25) is 0 Å². The van der Waals surface area contributed by atoms with Gasteiger partial charge in [-0.25, -0.2) is 8.78 Å². The van der Waals surface area contributed by atoms with E-state index in [1.807, 2.05) is 19.2 Å². The van der Waals surface area contributed by atoms with Gasteiger partial charge >= 0.3 is 0 Å². The molecule has 3 nitrogen and oxygen atoms in total. The molecule has 0 unspecified atom stereocenters. The molecule has 1 aliphatic carbocycles. The van der Waals surface area contributed by atoms with Crippen molar-refractivity contribution in [1.82, 2.24) is 4.57 Å². The van der Waals surface area contributed by atoms with Crippen LogP contribution >= 0.6 is 15.9 Å². The van der Waals surface area contributed by atoms with Crippen LogP contribution in [-0.2, 0) is 19.9 Å². The Morgan fingerprint density at radius 2 is 1.78 bits per heavy atom. The Hall–Kier alpha value is -2.47. The van der Waals surface area contributed by atoms with E-state index >= 15 is 0 Å². The maximum atomic E-state index is 13.9. The molecule has 138 valence electrons. The summed E-state index contributed by atoms with van der Waals surface area (Å²) in [6.45, 7) is 0. The number of para-hydroxylation sites is 1. The molecule has 0 radical (unpaired) electrons. The quantitative estimate of drug-likeness (QED) is 0.574. The normalized spacial score (nSPS) is 12.9. The van der Waals surface area contributed by atoms with Gasteiger partial charge in [-0.15, -0.1) is 0 Å². The molecule has 1 heterocycles. The van der Waals surface area contributed by atoms with Gasteiger partial charge in [0.25, 0.3) is 5.91 Å². The van der Waals surface area contributed by atoms with Crippen LogP contribution in [0.15, 0.2) is 46.9 Å². The summed E-state index contributed by atoms with van der Waals surface area (Å²) in [5.74, 6) is -2.13. The van der Waals surface area contributed by atoms with Crippen molar-refractivity contribution in [2.45, 2.75) is 19.3 Å². The van der Waals surface area contributed by atoms with Crippen molar-refractivity contribution in [3.8, 4) is 11.3 Å². The molecule has 0 saturated heterocycles. The molecule has 2 aromatic carbocycles. The minimum absolute atomic E-state index is 0.371. The summed E-state index contributed by atoms with van der Waals surface area (Å²) in [5.41, 5.74) is 4.29. The molecule has 27 heavy (non-hydrogen) atoms. The smallest absolute Gasteiger partial charge is 0.272 e. The van der Waals surface area contributed by atoms with Crippen molar-refractivity contribution in [3.05, 3.63) is 75.4 Å². The summed E-state index contributed by atoms with van der Waals surface area (Å²) in [6.07, 6.45) is 2.80. The SMILES string of the molecule is Cn1c(C(=O)Nc2c(F)cccc2F)cc2c1-c1cc(Br)ccc1CCC2. The first kappa shape index (κ1) is 17.9. The third kappa shape index (κ3) is 3.18. The minimum atomic E-state index is -0.798. The number of rotatable bonds is 2. The van der Waals surface area contributed by atoms with Gasteiger partial charge in [-0.2, -0.15) is 0 Å². The molecule has 1 amide bonds. The number of carbonyl (C=O) groups is 1. The van der Waals surface area contributed by atoms with Crippen LogP contribution in [-0.4, -0.2) is 10.5 Å². The number of hydrogen-bond donors (Lipinski definition) is 1. The van der Waals surface area contributed by atoms with Crippen molar-refractivity contribution in [2.24, 2.45) is 7.05 Å². The minimum Gasteiger partial charge on any atom is -0.339 e. The van der Waals surface area contributed by atoms with E-state index in [0.29, 0.717) is 5.69 Å². The van der Waals surface area contributed by atoms with Crippen molar-refractivity contribution in [1.29, 1.82) is 0 Å². The van der Waals surface area contributed by atoms with Gasteiger partial charge in [0.15, 0.2) is 0 Å². The van der Waals surface area contributed by atoms with E-state index in [-0.39, 0.29) is 0 Å². The highest BCUT2D eigenvalue weighted by atomic mass is 79.9. The lowest BCUT2D eigenvalue weighted by Crippen LogP contribution is -2.17. The summed E-state index contributed by atoms with van der Waals surface area (Å²) in [5, 5.41) is 2.38. The molecule has 6 heteroatoms. The third-order valence-electron chi connectivity index (χ3n) is 4.97. The molecule has 1 N–H and O–H groups in total. The van der Waals surface area contributed by atoms with Crippen molar-refractivity contribution in [3.63, 3.8) is 0 Å². The number of nitrogens with one attached hydrogen (secondary N) is 1. The Morgan fingerprint density at radius 3 is 2.52 bits per heavy atom. The molecule has 0 bridgehead atoms. The van der Waals surface area contributed by atoms with Gasteiger partial charge in [0.05, 0.1) is 5.69 Å². The molecule has 0 fully saturated rings. The molecule has 0 spiro atoms. The van der Waals surface area contributed by atoms with Crippen LogP contribution in [0.3, 0.4) is 0 Å². The van der Waals surface area contributed by atoms with E-state index in [2.05, 4.69) is 33.4 Å². The summed E-state index contributed by atoms with van der Waals surface area (Å²) >= 11 is 3.52. The summed E-state index contributed by atoms with van der Waals surface area (Å²) in [4.78, 5) is 12.7. The van der Waals surface area contributed by atoms with Gasteiger partial charge in [0.1, 0.15) is 23.0 Å². The predicted octanol–water partition coefficient (Wildman–Crippen LogP) is 5.47. The van der Waals surface area contributed by atoms with Crippen molar-refractivity contribution >= 4 is 27.5 Å². The number of benzene rings is 2. The number of halogens is 3. The van der Waals surface area contributed by atoms with Crippen molar-refractivity contribution in [2.75, 3.05) is 5.32 Å². The number of carbonyl (C=O) groups excluding carboxylic acids is 1. The highest BCUT2D eigenvalue weighted by Gasteiger charge is 2.24. The van der Waals surface area contributed by atoms with Crippen LogP contribution in [0, 0.1) is 11.6 Å². The summed E-state index contributed by atoms with van der Waals surface area (Å²) in [7, 11) is 1.81. The van der Waals surface area contributed by atoms with Gasteiger partial charge in [-0.3, -0.25) is 4.79 Å². The predicted molar refractivity (Wildman–Crippen MR) is 105 cm³/mol. The van der Waals surface area contributed by atoms with Crippen molar-refractivity contribution < 1.29 is 13.6 Å². The molecule has 1 aliphatic rings.